The van der Waals surface area contributed by atoms with E-state index in [0.29, 0.717) is 11.3 Å². The molecule has 0 atom stereocenters. The zero-order valence-electron chi connectivity index (χ0n) is 15.8. The van der Waals surface area contributed by atoms with Crippen molar-refractivity contribution in [3.05, 3.63) is 77.1 Å². The van der Waals surface area contributed by atoms with Crippen LogP contribution in [0.5, 0.6) is 0 Å². The van der Waals surface area contributed by atoms with E-state index in [2.05, 4.69) is 20.6 Å². The molecule has 2 aromatic carbocycles. The highest BCUT2D eigenvalue weighted by Crippen LogP contribution is 2.20. The first-order valence-electron chi connectivity index (χ1n) is 8.64. The number of hydrogen-bond donors (Lipinski definition) is 2. The van der Waals surface area contributed by atoms with Crippen LogP contribution in [0.2, 0.25) is 0 Å². The third-order valence-electron chi connectivity index (χ3n) is 4.11. The highest BCUT2D eigenvalue weighted by atomic mass is 16.5. The van der Waals surface area contributed by atoms with Gasteiger partial charge in [-0.15, -0.1) is 0 Å². The summed E-state index contributed by atoms with van der Waals surface area (Å²) in [4.78, 5) is 32.9. The number of methoxy groups -OCH3 is 1. The maximum atomic E-state index is 12.6. The van der Waals surface area contributed by atoms with Crippen molar-refractivity contribution in [1.82, 2.24) is 9.97 Å². The van der Waals surface area contributed by atoms with Gasteiger partial charge in [0.15, 0.2) is 0 Å². The lowest BCUT2D eigenvalue weighted by Gasteiger charge is -2.11. The second-order valence-corrected chi connectivity index (χ2v) is 6.20. The maximum Gasteiger partial charge on any atom is 0.339 e. The van der Waals surface area contributed by atoms with Crippen LogP contribution < -0.4 is 10.6 Å². The number of para-hydroxylation sites is 1. The average Bonchev–Trinajstić information content (AvgIpc) is 2.70. The van der Waals surface area contributed by atoms with Crippen LogP contribution in [0.4, 0.5) is 17.3 Å². The highest BCUT2D eigenvalue weighted by Gasteiger charge is 2.14. The average molecular weight is 376 g/mol. The first kappa shape index (κ1) is 19.0. The summed E-state index contributed by atoms with van der Waals surface area (Å²) in [7, 11) is 1.31. The minimum Gasteiger partial charge on any atom is -0.465 e. The molecule has 0 unspecified atom stereocenters. The van der Waals surface area contributed by atoms with Gasteiger partial charge in [-0.05, 0) is 49.2 Å². The zero-order valence-corrected chi connectivity index (χ0v) is 15.8. The molecule has 7 heteroatoms. The fourth-order valence-electron chi connectivity index (χ4n) is 2.60. The lowest BCUT2D eigenvalue weighted by molar-refractivity contribution is 0.0601. The molecule has 0 bridgehead atoms. The Bertz CT molecular complexity index is 1030. The SMILES string of the molecule is COC(=O)c1ccccc1Nc1nccc(C(=O)Nc2cc(C)ccc2C)n1. The van der Waals surface area contributed by atoms with E-state index in [1.165, 1.54) is 19.4 Å². The summed E-state index contributed by atoms with van der Waals surface area (Å²) in [5, 5.41) is 5.83. The molecule has 3 aromatic rings. The van der Waals surface area contributed by atoms with Crippen LogP contribution in [0.1, 0.15) is 32.0 Å². The number of amides is 1. The monoisotopic (exact) mass is 376 g/mol. The molecule has 142 valence electrons. The Morgan fingerprint density at radius 3 is 2.57 bits per heavy atom. The number of carbonyl (C=O) groups excluding carboxylic acids is 2. The van der Waals surface area contributed by atoms with E-state index in [4.69, 9.17) is 4.74 Å². The summed E-state index contributed by atoms with van der Waals surface area (Å²) in [5.74, 6) is -0.628. The minimum atomic E-state index is -0.480. The summed E-state index contributed by atoms with van der Waals surface area (Å²) in [6.45, 7) is 3.88. The molecule has 3 rings (SSSR count). The van der Waals surface area contributed by atoms with Crippen molar-refractivity contribution in [3.8, 4) is 0 Å². The fourth-order valence-corrected chi connectivity index (χ4v) is 2.60. The van der Waals surface area contributed by atoms with Crippen molar-refractivity contribution in [1.29, 1.82) is 0 Å². The topological polar surface area (TPSA) is 93.2 Å². The standard InChI is InChI=1S/C21H20N4O3/c1-13-8-9-14(2)18(12-13)23-19(26)17-10-11-22-21(25-17)24-16-7-5-4-6-15(16)20(27)28-3/h4-12H,1-3H3,(H,23,26)(H,22,24,25). The van der Waals surface area contributed by atoms with E-state index >= 15 is 0 Å². The fraction of sp³-hybridized carbons (Fsp3) is 0.143. The maximum absolute atomic E-state index is 12.6. The van der Waals surface area contributed by atoms with Crippen LogP contribution in [0.25, 0.3) is 0 Å². The lowest BCUT2D eigenvalue weighted by atomic mass is 10.1. The molecule has 28 heavy (non-hydrogen) atoms. The van der Waals surface area contributed by atoms with Crippen molar-refractivity contribution in [2.75, 3.05) is 17.7 Å². The molecule has 0 radical (unpaired) electrons. The third kappa shape index (κ3) is 4.32. The lowest BCUT2D eigenvalue weighted by Crippen LogP contribution is -2.16. The van der Waals surface area contributed by atoms with Gasteiger partial charge in [0, 0.05) is 11.9 Å². The van der Waals surface area contributed by atoms with Gasteiger partial charge >= 0.3 is 5.97 Å². The molecule has 1 heterocycles. The molecule has 2 N–H and O–H groups in total. The number of ether oxygens (including phenoxy) is 1. The second kappa shape index (κ2) is 8.30. The summed E-state index contributed by atoms with van der Waals surface area (Å²) >= 11 is 0. The quantitative estimate of drug-likeness (QED) is 0.657. The summed E-state index contributed by atoms with van der Waals surface area (Å²) in [5.41, 5.74) is 3.77. The summed E-state index contributed by atoms with van der Waals surface area (Å²) in [6, 6.07) is 14.2. The Morgan fingerprint density at radius 2 is 1.79 bits per heavy atom. The molecule has 1 amide bonds. The Morgan fingerprint density at radius 1 is 1.00 bits per heavy atom. The molecule has 0 saturated carbocycles. The van der Waals surface area contributed by atoms with Gasteiger partial charge < -0.3 is 15.4 Å². The van der Waals surface area contributed by atoms with E-state index in [1.807, 2.05) is 32.0 Å². The number of rotatable bonds is 5. The van der Waals surface area contributed by atoms with Crippen molar-refractivity contribution >= 4 is 29.2 Å². The Kier molecular flexibility index (Phi) is 5.64. The Labute approximate surface area is 162 Å². The number of hydrogen-bond acceptors (Lipinski definition) is 6. The van der Waals surface area contributed by atoms with Gasteiger partial charge in [-0.2, -0.15) is 0 Å². The van der Waals surface area contributed by atoms with Crippen LogP contribution in [0.15, 0.2) is 54.7 Å². The predicted octanol–water partition coefficient (Wildman–Crippen LogP) is 3.88. The predicted molar refractivity (Wildman–Crippen MR) is 107 cm³/mol. The molecule has 7 nitrogen and oxygen atoms in total. The number of carbonyl (C=O) groups is 2. The number of nitrogens with zero attached hydrogens (tertiary/aromatic N) is 2. The van der Waals surface area contributed by atoms with E-state index in [9.17, 15) is 9.59 Å². The van der Waals surface area contributed by atoms with Gasteiger partial charge in [0.25, 0.3) is 5.91 Å². The molecule has 0 aliphatic heterocycles. The second-order valence-electron chi connectivity index (χ2n) is 6.20. The number of nitrogens with one attached hydrogen (secondary N) is 2. The first-order valence-corrected chi connectivity index (χ1v) is 8.64. The van der Waals surface area contributed by atoms with Gasteiger partial charge in [-0.25, -0.2) is 14.8 Å². The number of aryl methyl sites for hydroxylation is 2. The molecule has 0 aliphatic carbocycles. The summed E-state index contributed by atoms with van der Waals surface area (Å²) in [6.07, 6.45) is 1.48. The van der Waals surface area contributed by atoms with Gasteiger partial charge in [0.05, 0.1) is 18.4 Å². The number of aromatic nitrogens is 2. The largest absolute Gasteiger partial charge is 0.465 e. The van der Waals surface area contributed by atoms with Crippen molar-refractivity contribution in [2.24, 2.45) is 0 Å². The van der Waals surface area contributed by atoms with Gasteiger partial charge in [-0.1, -0.05) is 24.3 Å². The van der Waals surface area contributed by atoms with E-state index in [1.54, 1.807) is 24.3 Å². The van der Waals surface area contributed by atoms with E-state index < -0.39 is 5.97 Å². The summed E-state index contributed by atoms with van der Waals surface area (Å²) < 4.78 is 4.78. The van der Waals surface area contributed by atoms with E-state index in [-0.39, 0.29) is 17.5 Å². The van der Waals surface area contributed by atoms with Crippen molar-refractivity contribution in [2.45, 2.75) is 13.8 Å². The molecule has 0 spiro atoms. The van der Waals surface area contributed by atoms with Crippen LogP contribution in [0.3, 0.4) is 0 Å². The van der Waals surface area contributed by atoms with Gasteiger partial charge in [0.2, 0.25) is 5.95 Å². The normalized spacial score (nSPS) is 10.2. The minimum absolute atomic E-state index is 0.199. The van der Waals surface area contributed by atoms with Crippen molar-refractivity contribution < 1.29 is 14.3 Å². The Balaban J connectivity index is 1.82. The smallest absolute Gasteiger partial charge is 0.339 e. The molecule has 0 fully saturated rings. The molecule has 0 saturated heterocycles. The van der Waals surface area contributed by atoms with Gasteiger partial charge in [0.1, 0.15) is 5.69 Å². The third-order valence-corrected chi connectivity index (χ3v) is 4.11. The van der Waals surface area contributed by atoms with Crippen LogP contribution in [0, 0.1) is 13.8 Å². The Hall–Kier alpha value is -3.74. The first-order chi connectivity index (χ1) is 13.5. The molecule has 0 aliphatic rings. The van der Waals surface area contributed by atoms with Crippen LogP contribution in [-0.4, -0.2) is 29.0 Å². The zero-order chi connectivity index (χ0) is 20.1. The van der Waals surface area contributed by atoms with Crippen molar-refractivity contribution in [3.63, 3.8) is 0 Å². The molecular formula is C21H20N4O3. The van der Waals surface area contributed by atoms with Crippen LogP contribution in [-0.2, 0) is 4.74 Å². The molecule has 1 aromatic heterocycles. The van der Waals surface area contributed by atoms with Crippen LogP contribution >= 0.6 is 0 Å². The number of benzene rings is 2. The molecular weight excluding hydrogens is 356 g/mol. The number of esters is 1. The highest BCUT2D eigenvalue weighted by molar-refractivity contribution is 6.03. The van der Waals surface area contributed by atoms with E-state index in [0.717, 1.165) is 16.8 Å². The number of anilines is 3. The van der Waals surface area contributed by atoms with Gasteiger partial charge in [-0.3, -0.25) is 4.79 Å².